The van der Waals surface area contributed by atoms with Crippen LogP contribution < -0.4 is 15.5 Å². The number of benzene rings is 1. The molecule has 2 fully saturated rings. The Balaban J connectivity index is 1.27. The Hall–Kier alpha value is -2.87. The van der Waals surface area contributed by atoms with Crippen molar-refractivity contribution in [2.75, 3.05) is 31.6 Å². The topological polar surface area (TPSA) is 83.8 Å². The minimum Gasteiger partial charge on any atom is -0.472 e. The van der Waals surface area contributed by atoms with Crippen molar-refractivity contribution in [1.29, 1.82) is 0 Å². The zero-order valence-corrected chi connectivity index (χ0v) is 17.7. The molecule has 0 spiro atoms. The van der Waals surface area contributed by atoms with E-state index in [1.807, 2.05) is 11.0 Å². The van der Waals surface area contributed by atoms with Gasteiger partial charge < -0.3 is 19.4 Å². The molecule has 2 N–H and O–H groups in total. The van der Waals surface area contributed by atoms with Crippen molar-refractivity contribution in [2.45, 2.75) is 37.8 Å². The predicted molar refractivity (Wildman–Crippen MR) is 113 cm³/mol. The molecule has 1 aliphatic carbocycles. The summed E-state index contributed by atoms with van der Waals surface area (Å²) in [6.07, 6.45) is 6.69. The normalized spacial score (nSPS) is 17.9. The van der Waals surface area contributed by atoms with E-state index in [9.17, 15) is 14.0 Å². The molecule has 31 heavy (non-hydrogen) atoms. The number of nitrogens with zero attached hydrogens (tertiary/aromatic N) is 1. The van der Waals surface area contributed by atoms with Gasteiger partial charge in [-0.3, -0.25) is 10.1 Å². The number of nitrogens with one attached hydrogen (secondary N) is 2. The Morgan fingerprint density at radius 3 is 2.68 bits per heavy atom. The minimum atomic E-state index is -0.667. The quantitative estimate of drug-likeness (QED) is 0.628. The highest BCUT2D eigenvalue weighted by atomic mass is 19.1. The second-order valence-electron chi connectivity index (χ2n) is 8.33. The third-order valence-electron chi connectivity index (χ3n) is 6.28. The summed E-state index contributed by atoms with van der Waals surface area (Å²) in [5, 5.41) is 6.47. The van der Waals surface area contributed by atoms with Crippen LogP contribution in [0.2, 0.25) is 0 Å². The lowest BCUT2D eigenvalue weighted by molar-refractivity contribution is -0.124. The average Bonchev–Trinajstić information content (AvgIpc) is 3.41. The smallest absolute Gasteiger partial charge is 0.342 e. The Kier molecular flexibility index (Phi) is 6.27. The Bertz CT molecular complexity index is 919. The average molecular weight is 429 g/mol. The molecule has 0 unspecified atom stereocenters. The molecule has 0 radical (unpaired) electrons. The molecule has 0 bridgehead atoms. The Labute approximate surface area is 180 Å². The minimum absolute atomic E-state index is 0.0175. The Morgan fingerprint density at radius 2 is 2.03 bits per heavy atom. The van der Waals surface area contributed by atoms with Crippen LogP contribution in [0.1, 0.15) is 41.6 Å². The van der Waals surface area contributed by atoms with Crippen molar-refractivity contribution in [1.82, 2.24) is 10.6 Å². The molecule has 1 saturated heterocycles. The molecule has 2 heterocycles. The number of carbonyl (C=O) groups is 2. The number of furan rings is 1. The zero-order valence-electron chi connectivity index (χ0n) is 17.7. The molecular weight excluding hydrogens is 401 g/mol. The van der Waals surface area contributed by atoms with Crippen molar-refractivity contribution in [3.8, 4) is 0 Å². The number of piperidine rings is 1. The summed E-state index contributed by atoms with van der Waals surface area (Å²) in [7, 11) is 1.25. The van der Waals surface area contributed by atoms with Gasteiger partial charge in [0.2, 0.25) is 5.91 Å². The SMILES string of the molecule is COC(=O)c1c(F)cccc1N1CCC(CNC(=O)C2(NCc3ccoc3)CC2)CC1. The summed E-state index contributed by atoms with van der Waals surface area (Å²) < 4.78 is 24.0. The van der Waals surface area contributed by atoms with Gasteiger partial charge in [0.1, 0.15) is 11.4 Å². The van der Waals surface area contributed by atoms with Crippen LogP contribution in [0.15, 0.2) is 41.2 Å². The summed E-state index contributed by atoms with van der Waals surface area (Å²) >= 11 is 0. The first-order chi connectivity index (χ1) is 15.0. The molecule has 4 rings (SSSR count). The van der Waals surface area contributed by atoms with Crippen LogP contribution in [0, 0.1) is 11.7 Å². The van der Waals surface area contributed by atoms with Crippen LogP contribution in [0.4, 0.5) is 10.1 Å². The monoisotopic (exact) mass is 429 g/mol. The molecule has 1 amide bonds. The first kappa shape index (κ1) is 21.4. The summed E-state index contributed by atoms with van der Waals surface area (Å²) in [5.41, 5.74) is 1.11. The van der Waals surface area contributed by atoms with Gasteiger partial charge in [-0.1, -0.05) is 6.07 Å². The largest absolute Gasteiger partial charge is 0.472 e. The summed E-state index contributed by atoms with van der Waals surface area (Å²) in [4.78, 5) is 26.7. The molecule has 1 aromatic carbocycles. The maximum atomic E-state index is 14.2. The fourth-order valence-corrected chi connectivity index (χ4v) is 4.14. The lowest BCUT2D eigenvalue weighted by atomic mass is 9.95. The van der Waals surface area contributed by atoms with E-state index in [4.69, 9.17) is 9.15 Å². The molecule has 7 nitrogen and oxygen atoms in total. The number of hydrogen-bond donors (Lipinski definition) is 2. The molecule has 8 heteroatoms. The maximum absolute atomic E-state index is 14.2. The zero-order chi connectivity index (χ0) is 21.8. The second kappa shape index (κ2) is 9.09. The number of ether oxygens (including phenoxy) is 1. The van der Waals surface area contributed by atoms with E-state index in [0.717, 1.165) is 31.2 Å². The molecule has 166 valence electrons. The van der Waals surface area contributed by atoms with Crippen LogP contribution in [0.5, 0.6) is 0 Å². The van der Waals surface area contributed by atoms with Gasteiger partial charge >= 0.3 is 5.97 Å². The number of halogens is 1. The first-order valence-corrected chi connectivity index (χ1v) is 10.7. The van der Waals surface area contributed by atoms with E-state index in [0.29, 0.717) is 37.8 Å². The van der Waals surface area contributed by atoms with Crippen molar-refractivity contribution < 1.29 is 23.1 Å². The lowest BCUT2D eigenvalue weighted by Gasteiger charge is -2.34. The number of carbonyl (C=O) groups excluding carboxylic acids is 2. The van der Waals surface area contributed by atoms with Crippen molar-refractivity contribution in [2.24, 2.45) is 5.92 Å². The molecule has 1 aromatic heterocycles. The van der Waals surface area contributed by atoms with Gasteiger partial charge in [0.05, 0.1) is 30.9 Å². The third-order valence-corrected chi connectivity index (χ3v) is 6.28. The number of methoxy groups -OCH3 is 1. The van der Waals surface area contributed by atoms with E-state index in [-0.39, 0.29) is 11.5 Å². The molecular formula is C23H28FN3O4. The Morgan fingerprint density at radius 1 is 1.26 bits per heavy atom. The van der Waals surface area contributed by atoms with Crippen molar-refractivity contribution >= 4 is 17.6 Å². The number of esters is 1. The summed E-state index contributed by atoms with van der Waals surface area (Å²) in [6.45, 7) is 2.61. The van der Waals surface area contributed by atoms with Gasteiger partial charge in [0, 0.05) is 31.7 Å². The predicted octanol–water partition coefficient (Wildman–Crippen LogP) is 2.86. The summed E-state index contributed by atoms with van der Waals surface area (Å²) in [5.74, 6) is -0.840. The number of amides is 1. The van der Waals surface area contributed by atoms with E-state index in [2.05, 4.69) is 10.6 Å². The van der Waals surface area contributed by atoms with Crippen molar-refractivity contribution in [3.63, 3.8) is 0 Å². The fraction of sp³-hybridized carbons (Fsp3) is 0.478. The lowest BCUT2D eigenvalue weighted by Crippen LogP contribution is -2.48. The molecule has 0 atom stereocenters. The van der Waals surface area contributed by atoms with E-state index >= 15 is 0 Å². The first-order valence-electron chi connectivity index (χ1n) is 10.7. The molecule has 1 saturated carbocycles. The van der Waals surface area contributed by atoms with Gasteiger partial charge in [-0.2, -0.15) is 0 Å². The number of anilines is 1. The highest BCUT2D eigenvalue weighted by molar-refractivity contribution is 5.96. The van der Waals surface area contributed by atoms with E-state index in [1.54, 1.807) is 24.7 Å². The van der Waals surface area contributed by atoms with E-state index < -0.39 is 17.3 Å². The fourth-order valence-electron chi connectivity index (χ4n) is 4.14. The number of hydrogen-bond acceptors (Lipinski definition) is 6. The summed E-state index contributed by atoms with van der Waals surface area (Å²) in [6, 6.07) is 6.51. The van der Waals surface area contributed by atoms with Crippen LogP contribution in [0.25, 0.3) is 0 Å². The molecule has 2 aromatic rings. The van der Waals surface area contributed by atoms with Gasteiger partial charge in [-0.15, -0.1) is 0 Å². The van der Waals surface area contributed by atoms with Crippen LogP contribution in [-0.4, -0.2) is 44.2 Å². The molecule has 1 aliphatic heterocycles. The van der Waals surface area contributed by atoms with Gasteiger partial charge in [-0.05, 0) is 49.8 Å². The van der Waals surface area contributed by atoms with Crippen molar-refractivity contribution in [3.05, 3.63) is 53.7 Å². The standard InChI is InChI=1S/C23H28FN3O4/c1-30-21(28)20-18(24)3-2-4-19(20)27-10-5-16(6-11-27)13-25-22(29)23(8-9-23)26-14-17-7-12-31-15-17/h2-4,7,12,15-16,26H,5-6,8-11,13-14H2,1H3,(H,25,29). The molecule has 2 aliphatic rings. The van der Waals surface area contributed by atoms with Gasteiger partial charge in [0.15, 0.2) is 0 Å². The highest BCUT2D eigenvalue weighted by Crippen LogP contribution is 2.36. The van der Waals surface area contributed by atoms with Crippen LogP contribution >= 0.6 is 0 Å². The second-order valence-corrected chi connectivity index (χ2v) is 8.33. The van der Waals surface area contributed by atoms with Gasteiger partial charge in [0.25, 0.3) is 0 Å². The number of rotatable bonds is 8. The third kappa shape index (κ3) is 4.74. The van der Waals surface area contributed by atoms with Crippen LogP contribution in [-0.2, 0) is 16.1 Å². The van der Waals surface area contributed by atoms with Crippen LogP contribution in [0.3, 0.4) is 0 Å². The van der Waals surface area contributed by atoms with Gasteiger partial charge in [-0.25, -0.2) is 9.18 Å². The highest BCUT2D eigenvalue weighted by Gasteiger charge is 2.49. The van der Waals surface area contributed by atoms with E-state index in [1.165, 1.54) is 13.2 Å². The maximum Gasteiger partial charge on any atom is 0.342 e.